The van der Waals surface area contributed by atoms with Crippen molar-refractivity contribution >= 4 is 21.6 Å². The van der Waals surface area contributed by atoms with Crippen LogP contribution in [0.25, 0.3) is 5.69 Å². The number of anilines is 1. The molecule has 0 saturated heterocycles. The fourth-order valence-electron chi connectivity index (χ4n) is 2.16. The fourth-order valence-corrected chi connectivity index (χ4v) is 3.24. The van der Waals surface area contributed by atoms with Crippen molar-refractivity contribution < 1.29 is 13.2 Å². The number of sulfonamides is 1. The lowest BCUT2D eigenvalue weighted by Gasteiger charge is -2.10. The molecule has 0 atom stereocenters. The van der Waals surface area contributed by atoms with Crippen LogP contribution in [0.15, 0.2) is 59.8 Å². The minimum Gasteiger partial charge on any atom is -0.355 e. The van der Waals surface area contributed by atoms with Crippen molar-refractivity contribution in [1.29, 1.82) is 0 Å². The van der Waals surface area contributed by atoms with Gasteiger partial charge in [-0.1, -0.05) is 12.1 Å². The van der Waals surface area contributed by atoms with Gasteiger partial charge in [0.25, 0.3) is 15.9 Å². The lowest BCUT2D eigenvalue weighted by Crippen LogP contribution is -2.18. The molecule has 0 unspecified atom stereocenters. The van der Waals surface area contributed by atoms with Crippen molar-refractivity contribution in [1.82, 2.24) is 25.5 Å². The third-order valence-electron chi connectivity index (χ3n) is 3.35. The number of aromatic nitrogens is 4. The number of carbonyl (C=O) groups excluding carboxylic acids is 1. The molecule has 25 heavy (non-hydrogen) atoms. The second-order valence-corrected chi connectivity index (χ2v) is 6.70. The zero-order valence-corrected chi connectivity index (χ0v) is 13.9. The quantitative estimate of drug-likeness (QED) is 0.697. The number of hydrogen-bond donors (Lipinski definition) is 2. The van der Waals surface area contributed by atoms with Crippen molar-refractivity contribution in [3.8, 4) is 5.69 Å². The first-order chi connectivity index (χ1) is 12.0. The van der Waals surface area contributed by atoms with Gasteiger partial charge < -0.3 is 5.32 Å². The summed E-state index contributed by atoms with van der Waals surface area (Å²) in [7, 11) is -2.34. The Bertz CT molecular complexity index is 1000. The van der Waals surface area contributed by atoms with E-state index in [1.54, 1.807) is 30.3 Å². The predicted octanol–water partition coefficient (Wildman–Crippen LogP) is 0.823. The summed E-state index contributed by atoms with van der Waals surface area (Å²) in [6.45, 7) is 0. The molecule has 0 bridgehead atoms. The van der Waals surface area contributed by atoms with Crippen molar-refractivity contribution in [2.75, 3.05) is 11.8 Å². The first-order valence-electron chi connectivity index (χ1n) is 7.18. The molecule has 0 fully saturated rings. The average molecular weight is 358 g/mol. The van der Waals surface area contributed by atoms with Crippen molar-refractivity contribution in [2.45, 2.75) is 4.90 Å². The maximum absolute atomic E-state index is 12.6. The van der Waals surface area contributed by atoms with Gasteiger partial charge >= 0.3 is 0 Å². The van der Waals surface area contributed by atoms with Gasteiger partial charge in [0.2, 0.25) is 0 Å². The highest BCUT2D eigenvalue weighted by Gasteiger charge is 2.16. The molecule has 0 saturated carbocycles. The molecule has 2 N–H and O–H groups in total. The van der Waals surface area contributed by atoms with Crippen LogP contribution in [-0.2, 0) is 10.0 Å². The minimum atomic E-state index is -3.84. The molecule has 10 heteroatoms. The van der Waals surface area contributed by atoms with Gasteiger partial charge in [-0.3, -0.25) is 9.52 Å². The van der Waals surface area contributed by atoms with Gasteiger partial charge in [0.05, 0.1) is 10.6 Å². The number of benzene rings is 2. The van der Waals surface area contributed by atoms with Crippen LogP contribution in [0.3, 0.4) is 0 Å². The van der Waals surface area contributed by atoms with Gasteiger partial charge in [0.1, 0.15) is 6.33 Å². The predicted molar refractivity (Wildman–Crippen MR) is 89.8 cm³/mol. The summed E-state index contributed by atoms with van der Waals surface area (Å²) < 4.78 is 29.0. The smallest absolute Gasteiger partial charge is 0.261 e. The van der Waals surface area contributed by atoms with E-state index >= 15 is 0 Å². The van der Waals surface area contributed by atoms with Crippen LogP contribution in [0, 0.1) is 0 Å². The Morgan fingerprint density at radius 2 is 1.92 bits per heavy atom. The Hall–Kier alpha value is -3.27. The van der Waals surface area contributed by atoms with Crippen molar-refractivity contribution in [3.05, 3.63) is 60.4 Å². The average Bonchev–Trinajstić information content (AvgIpc) is 3.16. The van der Waals surface area contributed by atoms with Gasteiger partial charge in [0, 0.05) is 18.3 Å². The Morgan fingerprint density at radius 3 is 2.64 bits per heavy atom. The highest BCUT2D eigenvalue weighted by molar-refractivity contribution is 7.92. The third kappa shape index (κ3) is 3.63. The SMILES string of the molecule is CNC(=O)c1cccc(NS(=O)(=O)c2cccc(-n3cnnn3)c2)c1. The first kappa shape index (κ1) is 16.6. The Balaban J connectivity index is 1.90. The van der Waals surface area contributed by atoms with Gasteiger partial charge in [-0.05, 0) is 46.8 Å². The molecule has 2 aromatic carbocycles. The van der Waals surface area contributed by atoms with Gasteiger partial charge in [-0.2, -0.15) is 0 Å². The molecule has 3 rings (SSSR count). The summed E-state index contributed by atoms with van der Waals surface area (Å²) in [5.41, 5.74) is 1.14. The van der Waals surface area contributed by atoms with Crippen LogP contribution in [0.4, 0.5) is 5.69 Å². The summed E-state index contributed by atoms with van der Waals surface area (Å²) in [4.78, 5) is 11.7. The molecule has 128 valence electrons. The van der Waals surface area contributed by atoms with E-state index in [0.29, 0.717) is 11.3 Å². The van der Waals surface area contributed by atoms with E-state index in [4.69, 9.17) is 0 Å². The molecule has 9 nitrogen and oxygen atoms in total. The number of hydrogen-bond acceptors (Lipinski definition) is 6. The molecule has 0 aliphatic rings. The molecular formula is C15H14N6O3S. The molecule has 0 aliphatic carbocycles. The Kier molecular flexibility index (Phi) is 4.44. The number of amides is 1. The van der Waals surface area contributed by atoms with Crippen molar-refractivity contribution in [3.63, 3.8) is 0 Å². The minimum absolute atomic E-state index is 0.0471. The number of nitrogens with zero attached hydrogens (tertiary/aromatic N) is 4. The number of carbonyl (C=O) groups is 1. The van der Waals surface area contributed by atoms with E-state index in [9.17, 15) is 13.2 Å². The largest absolute Gasteiger partial charge is 0.355 e. The molecule has 1 aromatic heterocycles. The first-order valence-corrected chi connectivity index (χ1v) is 8.66. The zero-order valence-electron chi connectivity index (χ0n) is 13.1. The molecule has 0 spiro atoms. The Labute approximate surface area is 143 Å². The van der Waals surface area contributed by atoms with Crippen LogP contribution in [0.5, 0.6) is 0 Å². The van der Waals surface area contributed by atoms with Crippen LogP contribution >= 0.6 is 0 Å². The third-order valence-corrected chi connectivity index (χ3v) is 4.72. The lowest BCUT2D eigenvalue weighted by molar-refractivity contribution is 0.0963. The zero-order chi connectivity index (χ0) is 17.9. The van der Waals surface area contributed by atoms with Gasteiger partial charge in [-0.25, -0.2) is 13.1 Å². The molecule has 3 aromatic rings. The van der Waals surface area contributed by atoms with E-state index in [1.807, 2.05) is 0 Å². The van der Waals surface area contributed by atoms with Gasteiger partial charge in [0.15, 0.2) is 0 Å². The second kappa shape index (κ2) is 6.69. The molecule has 1 heterocycles. The normalized spacial score (nSPS) is 11.1. The fraction of sp³-hybridized carbons (Fsp3) is 0.0667. The standard InChI is InChI=1S/C15H14N6O3S/c1-16-15(22)11-4-2-5-12(8-11)18-25(23,24)14-7-3-6-13(9-14)21-10-17-19-20-21/h2-10,18H,1H3,(H,16,22). The topological polar surface area (TPSA) is 119 Å². The lowest BCUT2D eigenvalue weighted by atomic mass is 10.2. The van der Waals surface area contributed by atoms with Crippen LogP contribution in [-0.4, -0.2) is 41.6 Å². The Morgan fingerprint density at radius 1 is 1.12 bits per heavy atom. The van der Waals surface area contributed by atoms with E-state index in [-0.39, 0.29) is 16.5 Å². The summed E-state index contributed by atoms with van der Waals surface area (Å²) in [5, 5.41) is 13.3. The number of tetrazole rings is 1. The maximum atomic E-state index is 12.6. The highest BCUT2D eigenvalue weighted by Crippen LogP contribution is 2.19. The molecular weight excluding hydrogens is 344 g/mol. The molecule has 1 amide bonds. The van der Waals surface area contributed by atoms with Crippen LogP contribution < -0.4 is 10.0 Å². The van der Waals surface area contributed by atoms with E-state index in [0.717, 1.165) is 0 Å². The van der Waals surface area contributed by atoms with Crippen molar-refractivity contribution in [2.24, 2.45) is 0 Å². The summed E-state index contributed by atoms with van der Waals surface area (Å²) in [5.74, 6) is -0.304. The summed E-state index contributed by atoms with van der Waals surface area (Å²) in [6.07, 6.45) is 1.37. The second-order valence-electron chi connectivity index (χ2n) is 5.02. The van der Waals surface area contributed by atoms with Gasteiger partial charge in [-0.15, -0.1) is 5.10 Å². The van der Waals surface area contributed by atoms with E-state index in [2.05, 4.69) is 25.6 Å². The molecule has 0 aliphatic heterocycles. The molecule has 0 radical (unpaired) electrons. The summed E-state index contributed by atoms with van der Waals surface area (Å²) >= 11 is 0. The monoisotopic (exact) mass is 358 g/mol. The summed E-state index contributed by atoms with van der Waals surface area (Å²) in [6, 6.07) is 12.4. The highest BCUT2D eigenvalue weighted by atomic mass is 32.2. The number of rotatable bonds is 5. The number of nitrogens with one attached hydrogen (secondary N) is 2. The van der Waals surface area contributed by atoms with E-state index < -0.39 is 10.0 Å². The maximum Gasteiger partial charge on any atom is 0.261 e. The van der Waals surface area contributed by atoms with E-state index in [1.165, 1.54) is 36.3 Å². The van der Waals surface area contributed by atoms with Crippen LogP contribution in [0.1, 0.15) is 10.4 Å². The van der Waals surface area contributed by atoms with Crippen LogP contribution in [0.2, 0.25) is 0 Å².